The van der Waals surface area contributed by atoms with E-state index >= 15 is 0 Å². The van der Waals surface area contributed by atoms with Crippen LogP contribution in [0, 0.1) is 5.82 Å². The molecule has 2 aromatic rings. The van der Waals surface area contributed by atoms with Gasteiger partial charge in [0, 0.05) is 31.0 Å². The first kappa shape index (κ1) is 25.0. The minimum atomic E-state index is -4.14. The molecule has 0 saturated carbocycles. The van der Waals surface area contributed by atoms with Gasteiger partial charge in [-0.15, -0.1) is 0 Å². The number of nitrogens with zero attached hydrogens (tertiary/aromatic N) is 1. The van der Waals surface area contributed by atoms with Crippen molar-refractivity contribution >= 4 is 27.7 Å². The fraction of sp³-hybridized carbons (Fsp3) is 0.318. The Morgan fingerprint density at radius 2 is 1.81 bits per heavy atom. The number of rotatable bonds is 10. The largest absolute Gasteiger partial charge is 0.368 e. The molecule has 32 heavy (non-hydrogen) atoms. The Morgan fingerprint density at radius 1 is 1.12 bits per heavy atom. The molecule has 172 valence electrons. The Bertz CT molecular complexity index is 1120. The third-order valence-corrected chi connectivity index (χ3v) is 6.11. The van der Waals surface area contributed by atoms with Crippen molar-refractivity contribution < 1.29 is 27.2 Å². The second kappa shape index (κ2) is 10.9. The number of hydrogen-bond acceptors (Lipinski definition) is 5. The van der Waals surface area contributed by atoms with Crippen LogP contribution in [0.1, 0.15) is 38.7 Å². The van der Waals surface area contributed by atoms with E-state index in [-0.39, 0.29) is 47.0 Å². The number of primary amides is 1. The quantitative estimate of drug-likeness (QED) is 0.559. The first-order chi connectivity index (χ1) is 15.0. The highest BCUT2D eigenvalue weighted by molar-refractivity contribution is 7.90. The topological polar surface area (TPSA) is 127 Å². The fourth-order valence-electron chi connectivity index (χ4n) is 3.14. The van der Waals surface area contributed by atoms with Gasteiger partial charge < -0.3 is 10.6 Å². The zero-order chi connectivity index (χ0) is 23.9. The molecule has 0 heterocycles. The maximum absolute atomic E-state index is 14.9. The molecule has 8 nitrogen and oxygen atoms in total. The van der Waals surface area contributed by atoms with Gasteiger partial charge in [0.15, 0.2) is 0 Å². The second-order valence-corrected chi connectivity index (χ2v) is 8.93. The van der Waals surface area contributed by atoms with Crippen molar-refractivity contribution in [3.63, 3.8) is 0 Å². The smallest absolute Gasteiger partial charge is 0.264 e. The molecule has 0 unspecified atom stereocenters. The number of sulfonamides is 1. The van der Waals surface area contributed by atoms with Gasteiger partial charge in [-0.2, -0.15) is 0 Å². The van der Waals surface area contributed by atoms with E-state index in [0.29, 0.717) is 6.42 Å². The standard InChI is InChI=1S/C22H26FN3O5S/c1-3-4-9-22(29)26(14-21(24)28)13-17-11-10-16(12-19(17)23)18-7-5-6-8-20(18)32(30,31)25-15(2)27/h5-8,10-12H,3-4,9,13-14H2,1-2H3,(H2,24,28)(H,25,27). The van der Waals surface area contributed by atoms with Crippen LogP contribution < -0.4 is 10.5 Å². The van der Waals surface area contributed by atoms with Crippen LogP contribution in [0.15, 0.2) is 47.4 Å². The molecule has 0 atom stereocenters. The van der Waals surface area contributed by atoms with Gasteiger partial charge in [0.25, 0.3) is 10.0 Å². The summed E-state index contributed by atoms with van der Waals surface area (Å²) in [7, 11) is -4.14. The van der Waals surface area contributed by atoms with E-state index in [1.807, 2.05) is 11.6 Å². The third-order valence-electron chi connectivity index (χ3n) is 4.62. The lowest BCUT2D eigenvalue weighted by Gasteiger charge is -2.22. The molecule has 10 heteroatoms. The van der Waals surface area contributed by atoms with E-state index in [9.17, 15) is 27.2 Å². The molecule has 0 aliphatic rings. The molecule has 0 radical (unpaired) electrons. The predicted octanol–water partition coefficient (Wildman–Crippen LogP) is 2.32. The highest BCUT2D eigenvalue weighted by atomic mass is 32.2. The molecule has 3 N–H and O–H groups in total. The first-order valence-corrected chi connectivity index (χ1v) is 11.5. The summed E-state index contributed by atoms with van der Waals surface area (Å²) < 4.78 is 41.8. The summed E-state index contributed by atoms with van der Waals surface area (Å²) >= 11 is 0. The molecule has 2 aromatic carbocycles. The number of carbonyl (C=O) groups is 3. The van der Waals surface area contributed by atoms with Crippen LogP contribution in [-0.4, -0.2) is 37.6 Å². The Morgan fingerprint density at radius 3 is 2.41 bits per heavy atom. The summed E-state index contributed by atoms with van der Waals surface area (Å²) in [6.07, 6.45) is 1.65. The van der Waals surface area contributed by atoms with Crippen LogP contribution in [0.3, 0.4) is 0 Å². The van der Waals surface area contributed by atoms with Crippen molar-refractivity contribution in [3.8, 4) is 11.1 Å². The van der Waals surface area contributed by atoms with Crippen molar-refractivity contribution in [1.82, 2.24) is 9.62 Å². The summed E-state index contributed by atoms with van der Waals surface area (Å²) in [5.74, 6) is -2.43. The number of nitrogens with two attached hydrogens (primary N) is 1. The minimum absolute atomic E-state index is 0.149. The number of amides is 3. The molecule has 0 fully saturated rings. The van der Waals surface area contributed by atoms with E-state index in [1.165, 1.54) is 35.2 Å². The number of hydrogen-bond donors (Lipinski definition) is 2. The lowest BCUT2D eigenvalue weighted by Crippen LogP contribution is -2.38. The Labute approximate surface area is 186 Å². The first-order valence-electron chi connectivity index (χ1n) is 10.0. The summed E-state index contributed by atoms with van der Waals surface area (Å²) in [5.41, 5.74) is 5.87. The molecular weight excluding hydrogens is 437 g/mol. The van der Waals surface area contributed by atoms with Gasteiger partial charge in [0.1, 0.15) is 5.82 Å². The minimum Gasteiger partial charge on any atom is -0.368 e. The Balaban J connectivity index is 2.37. The van der Waals surface area contributed by atoms with Gasteiger partial charge in [-0.25, -0.2) is 17.5 Å². The van der Waals surface area contributed by atoms with Crippen LogP contribution in [0.4, 0.5) is 4.39 Å². The number of halogens is 1. The van der Waals surface area contributed by atoms with Gasteiger partial charge in [-0.3, -0.25) is 14.4 Å². The summed E-state index contributed by atoms with van der Waals surface area (Å²) in [6, 6.07) is 9.98. The van der Waals surface area contributed by atoms with E-state index in [1.54, 1.807) is 6.07 Å². The van der Waals surface area contributed by atoms with Crippen molar-refractivity contribution in [1.29, 1.82) is 0 Å². The van der Waals surface area contributed by atoms with Gasteiger partial charge in [0.05, 0.1) is 11.4 Å². The zero-order valence-electron chi connectivity index (χ0n) is 17.9. The lowest BCUT2D eigenvalue weighted by molar-refractivity contribution is -0.135. The zero-order valence-corrected chi connectivity index (χ0v) is 18.7. The van der Waals surface area contributed by atoms with Crippen LogP contribution in [-0.2, 0) is 31.0 Å². The molecule has 2 rings (SSSR count). The molecule has 0 aliphatic carbocycles. The Hall–Kier alpha value is -3.27. The van der Waals surface area contributed by atoms with Crippen molar-refractivity contribution in [2.24, 2.45) is 5.73 Å². The fourth-order valence-corrected chi connectivity index (χ4v) is 4.36. The average molecular weight is 464 g/mol. The summed E-state index contributed by atoms with van der Waals surface area (Å²) in [4.78, 5) is 36.0. The molecule has 0 bridgehead atoms. The van der Waals surface area contributed by atoms with Crippen molar-refractivity contribution in [2.75, 3.05) is 6.54 Å². The highest BCUT2D eigenvalue weighted by Gasteiger charge is 2.22. The molecule has 0 aliphatic heterocycles. The maximum Gasteiger partial charge on any atom is 0.264 e. The number of nitrogens with one attached hydrogen (secondary N) is 1. The molecule has 0 saturated heterocycles. The van der Waals surface area contributed by atoms with E-state index < -0.39 is 27.7 Å². The SMILES string of the molecule is CCCCC(=O)N(CC(N)=O)Cc1ccc(-c2ccccc2S(=O)(=O)NC(C)=O)cc1F. The van der Waals surface area contributed by atoms with Gasteiger partial charge in [0.2, 0.25) is 17.7 Å². The summed E-state index contributed by atoms with van der Waals surface area (Å²) in [6.45, 7) is 2.52. The lowest BCUT2D eigenvalue weighted by atomic mass is 10.0. The van der Waals surface area contributed by atoms with Gasteiger partial charge >= 0.3 is 0 Å². The van der Waals surface area contributed by atoms with Crippen LogP contribution >= 0.6 is 0 Å². The van der Waals surface area contributed by atoms with Crippen LogP contribution in [0.2, 0.25) is 0 Å². The maximum atomic E-state index is 14.9. The van der Waals surface area contributed by atoms with E-state index in [4.69, 9.17) is 5.73 Å². The average Bonchev–Trinajstić information content (AvgIpc) is 2.71. The number of benzene rings is 2. The second-order valence-electron chi connectivity index (χ2n) is 7.28. The number of carbonyl (C=O) groups excluding carboxylic acids is 3. The van der Waals surface area contributed by atoms with E-state index in [2.05, 4.69) is 0 Å². The van der Waals surface area contributed by atoms with E-state index in [0.717, 1.165) is 19.4 Å². The molecule has 0 aromatic heterocycles. The third kappa shape index (κ3) is 6.61. The van der Waals surface area contributed by atoms with Crippen molar-refractivity contribution in [2.45, 2.75) is 44.6 Å². The Kier molecular flexibility index (Phi) is 8.48. The van der Waals surface area contributed by atoms with Crippen LogP contribution in [0.25, 0.3) is 11.1 Å². The van der Waals surface area contributed by atoms with Gasteiger partial charge in [-0.05, 0) is 24.1 Å². The molecule has 0 spiro atoms. The van der Waals surface area contributed by atoms with Gasteiger partial charge in [-0.1, -0.05) is 43.7 Å². The monoisotopic (exact) mass is 463 g/mol. The normalized spacial score (nSPS) is 11.1. The summed E-state index contributed by atoms with van der Waals surface area (Å²) in [5, 5.41) is 0. The molecular formula is C22H26FN3O5S. The predicted molar refractivity (Wildman–Crippen MR) is 117 cm³/mol. The molecule has 3 amide bonds. The highest BCUT2D eigenvalue weighted by Crippen LogP contribution is 2.29. The number of unbranched alkanes of at least 4 members (excludes halogenated alkanes) is 1. The van der Waals surface area contributed by atoms with Crippen molar-refractivity contribution in [3.05, 3.63) is 53.8 Å². The van der Waals surface area contributed by atoms with Crippen LogP contribution in [0.5, 0.6) is 0 Å².